The minimum Gasteiger partial charge on any atom is -0.382 e. The summed E-state index contributed by atoms with van der Waals surface area (Å²) in [6.07, 6.45) is 2.55. The number of aryl methyl sites for hydroxylation is 1. The Kier molecular flexibility index (Phi) is 7.07. The predicted octanol–water partition coefficient (Wildman–Crippen LogP) is 1.62. The highest BCUT2D eigenvalue weighted by molar-refractivity contribution is 5.77. The molecular weight excluding hydrogens is 244 g/mol. The fourth-order valence-electron chi connectivity index (χ4n) is 1.68. The Labute approximate surface area is 114 Å². The van der Waals surface area contributed by atoms with Crippen LogP contribution in [0.25, 0.3) is 0 Å². The average molecular weight is 266 g/mol. The molecular formula is C14H22N2O3. The van der Waals surface area contributed by atoms with Gasteiger partial charge in [-0.3, -0.25) is 9.78 Å². The molecule has 0 aliphatic heterocycles. The summed E-state index contributed by atoms with van der Waals surface area (Å²) in [5.41, 5.74) is 2.02. The van der Waals surface area contributed by atoms with Crippen LogP contribution in [0.2, 0.25) is 0 Å². The quantitative estimate of drug-likeness (QED) is 0.726. The maximum atomic E-state index is 11.7. The number of rotatable bonds is 8. The number of nitrogens with one attached hydrogen (secondary N) is 1. The molecule has 0 radical (unpaired) electrons. The van der Waals surface area contributed by atoms with Crippen LogP contribution in [0.5, 0.6) is 0 Å². The van der Waals surface area contributed by atoms with Crippen LogP contribution in [-0.2, 0) is 14.3 Å². The molecule has 0 unspecified atom stereocenters. The molecule has 1 aromatic rings. The normalized spacial score (nSPS) is 12.2. The molecule has 5 nitrogen and oxygen atoms in total. The summed E-state index contributed by atoms with van der Waals surface area (Å²) in [6.45, 7) is 4.98. The van der Waals surface area contributed by atoms with E-state index in [1.807, 2.05) is 26.0 Å². The van der Waals surface area contributed by atoms with Crippen LogP contribution in [0, 0.1) is 6.92 Å². The highest BCUT2D eigenvalue weighted by atomic mass is 16.5. The van der Waals surface area contributed by atoms with Gasteiger partial charge in [-0.15, -0.1) is 0 Å². The van der Waals surface area contributed by atoms with Gasteiger partial charge in [-0.25, -0.2) is 0 Å². The lowest BCUT2D eigenvalue weighted by molar-refractivity contribution is -0.126. The molecule has 0 aliphatic rings. The highest BCUT2D eigenvalue weighted by Gasteiger charge is 2.13. The number of carbonyl (C=O) groups excluding carboxylic acids is 1. The second kappa shape index (κ2) is 8.61. The fraction of sp³-hybridized carbons (Fsp3) is 0.571. The van der Waals surface area contributed by atoms with E-state index in [0.29, 0.717) is 13.2 Å². The largest absolute Gasteiger partial charge is 0.382 e. The van der Waals surface area contributed by atoms with E-state index in [2.05, 4.69) is 10.3 Å². The molecule has 1 heterocycles. The Morgan fingerprint density at radius 3 is 2.89 bits per heavy atom. The number of hydrogen-bond acceptors (Lipinski definition) is 4. The van der Waals surface area contributed by atoms with E-state index in [1.165, 1.54) is 0 Å². The van der Waals surface area contributed by atoms with Gasteiger partial charge in [-0.1, -0.05) is 6.92 Å². The van der Waals surface area contributed by atoms with E-state index < -0.39 is 0 Å². The Morgan fingerprint density at radius 1 is 1.47 bits per heavy atom. The summed E-state index contributed by atoms with van der Waals surface area (Å²) < 4.78 is 10.0. The van der Waals surface area contributed by atoms with Crippen molar-refractivity contribution >= 4 is 5.91 Å². The molecule has 1 rings (SSSR count). The zero-order valence-electron chi connectivity index (χ0n) is 11.8. The van der Waals surface area contributed by atoms with E-state index in [4.69, 9.17) is 9.47 Å². The van der Waals surface area contributed by atoms with Crippen molar-refractivity contribution in [2.24, 2.45) is 0 Å². The number of ether oxygens (including phenoxy) is 2. The minimum atomic E-state index is -0.133. The molecule has 5 heteroatoms. The van der Waals surface area contributed by atoms with E-state index in [1.54, 1.807) is 13.3 Å². The van der Waals surface area contributed by atoms with Crippen molar-refractivity contribution in [3.8, 4) is 0 Å². The molecule has 1 aromatic heterocycles. The van der Waals surface area contributed by atoms with Gasteiger partial charge in [0.15, 0.2) is 0 Å². The summed E-state index contributed by atoms with van der Waals surface area (Å²) >= 11 is 0. The first-order valence-electron chi connectivity index (χ1n) is 6.46. The fourth-order valence-corrected chi connectivity index (χ4v) is 1.68. The van der Waals surface area contributed by atoms with Crippen molar-refractivity contribution in [2.75, 3.05) is 26.9 Å². The van der Waals surface area contributed by atoms with Gasteiger partial charge in [-0.2, -0.15) is 0 Å². The van der Waals surface area contributed by atoms with Crippen LogP contribution in [0.3, 0.4) is 0 Å². The third-order valence-electron chi connectivity index (χ3n) is 2.70. The number of nitrogens with zero attached hydrogens (tertiary/aromatic N) is 1. The summed E-state index contributed by atoms with van der Waals surface area (Å²) in [5, 5.41) is 2.92. The van der Waals surface area contributed by atoms with Gasteiger partial charge in [0.25, 0.3) is 0 Å². The van der Waals surface area contributed by atoms with Crippen molar-refractivity contribution < 1.29 is 14.3 Å². The summed E-state index contributed by atoms with van der Waals surface area (Å²) in [7, 11) is 1.60. The molecule has 0 fully saturated rings. The molecule has 0 aromatic carbocycles. The topological polar surface area (TPSA) is 60.5 Å². The zero-order chi connectivity index (χ0) is 14.1. The van der Waals surface area contributed by atoms with E-state index in [-0.39, 0.29) is 18.6 Å². The van der Waals surface area contributed by atoms with Crippen LogP contribution in [-0.4, -0.2) is 37.8 Å². The van der Waals surface area contributed by atoms with Crippen LogP contribution < -0.4 is 5.32 Å². The first kappa shape index (κ1) is 15.6. The maximum Gasteiger partial charge on any atom is 0.246 e. The van der Waals surface area contributed by atoms with Crippen molar-refractivity contribution in [1.29, 1.82) is 0 Å². The smallest absolute Gasteiger partial charge is 0.246 e. The highest BCUT2D eigenvalue weighted by Crippen LogP contribution is 2.14. The van der Waals surface area contributed by atoms with Gasteiger partial charge in [0.05, 0.1) is 24.9 Å². The molecule has 19 heavy (non-hydrogen) atoms. The van der Waals surface area contributed by atoms with Crippen molar-refractivity contribution in [3.05, 3.63) is 29.6 Å². The molecule has 0 aliphatic carbocycles. The maximum absolute atomic E-state index is 11.7. The minimum absolute atomic E-state index is 0.0473. The lowest BCUT2D eigenvalue weighted by Crippen LogP contribution is -2.32. The van der Waals surface area contributed by atoms with Crippen molar-refractivity contribution in [3.63, 3.8) is 0 Å². The van der Waals surface area contributed by atoms with Gasteiger partial charge in [0.2, 0.25) is 5.91 Å². The number of pyridine rings is 1. The van der Waals surface area contributed by atoms with E-state index in [9.17, 15) is 4.79 Å². The van der Waals surface area contributed by atoms with Crippen molar-refractivity contribution in [2.45, 2.75) is 26.3 Å². The second-order valence-electron chi connectivity index (χ2n) is 4.33. The van der Waals surface area contributed by atoms with Crippen LogP contribution in [0.1, 0.15) is 30.6 Å². The Balaban J connectivity index is 2.46. The van der Waals surface area contributed by atoms with Gasteiger partial charge in [0, 0.05) is 13.3 Å². The van der Waals surface area contributed by atoms with Crippen molar-refractivity contribution in [1.82, 2.24) is 10.3 Å². The Bertz CT molecular complexity index is 396. The zero-order valence-corrected chi connectivity index (χ0v) is 11.8. The third-order valence-corrected chi connectivity index (χ3v) is 2.70. The van der Waals surface area contributed by atoms with E-state index >= 15 is 0 Å². The molecule has 1 N–H and O–H groups in total. The summed E-state index contributed by atoms with van der Waals surface area (Å²) in [6, 6.07) is 3.85. The number of hydrogen-bond donors (Lipinski definition) is 1. The Hall–Kier alpha value is -1.46. The van der Waals surface area contributed by atoms with E-state index in [0.717, 1.165) is 17.7 Å². The summed E-state index contributed by atoms with van der Waals surface area (Å²) in [4.78, 5) is 16.0. The molecule has 0 spiro atoms. The lowest BCUT2D eigenvalue weighted by atomic mass is 10.1. The lowest BCUT2D eigenvalue weighted by Gasteiger charge is -2.17. The number of carbonyl (C=O) groups is 1. The SMILES string of the molecule is CC[C@H](NC(=O)COCCOC)c1cc(C)ccn1. The monoisotopic (exact) mass is 266 g/mol. The van der Waals surface area contributed by atoms with Crippen LogP contribution in [0.4, 0.5) is 0 Å². The number of amides is 1. The first-order valence-corrected chi connectivity index (χ1v) is 6.46. The van der Waals surface area contributed by atoms with Gasteiger partial charge in [0.1, 0.15) is 6.61 Å². The molecule has 0 saturated heterocycles. The number of aromatic nitrogens is 1. The molecule has 0 bridgehead atoms. The Morgan fingerprint density at radius 2 is 2.26 bits per heavy atom. The first-order chi connectivity index (χ1) is 9.17. The predicted molar refractivity (Wildman–Crippen MR) is 72.8 cm³/mol. The third kappa shape index (κ3) is 5.81. The van der Waals surface area contributed by atoms with Crippen LogP contribution in [0.15, 0.2) is 18.3 Å². The molecule has 106 valence electrons. The molecule has 0 saturated carbocycles. The summed E-state index contributed by atoms with van der Waals surface area (Å²) in [5.74, 6) is -0.133. The average Bonchev–Trinajstić information content (AvgIpc) is 2.41. The van der Waals surface area contributed by atoms with Gasteiger partial charge < -0.3 is 14.8 Å². The van der Waals surface area contributed by atoms with Gasteiger partial charge >= 0.3 is 0 Å². The second-order valence-corrected chi connectivity index (χ2v) is 4.33. The number of methoxy groups -OCH3 is 1. The molecule has 1 atom stereocenters. The standard InChI is InChI=1S/C14H22N2O3/c1-4-12(13-9-11(2)5-6-15-13)16-14(17)10-19-8-7-18-3/h5-6,9,12H,4,7-8,10H2,1-3H3,(H,16,17)/t12-/m0/s1. The van der Waals surface area contributed by atoms with Gasteiger partial charge in [-0.05, 0) is 31.0 Å². The van der Waals surface area contributed by atoms with Crippen LogP contribution >= 0.6 is 0 Å². The molecule has 1 amide bonds.